The molecule has 1 atom stereocenters. The number of nitrogens with zero attached hydrogens (tertiary/aromatic N) is 3. The third-order valence-electron chi connectivity index (χ3n) is 5.73. The molecule has 1 saturated carbocycles. The second kappa shape index (κ2) is 9.86. The number of benzene rings is 1. The van der Waals surface area contributed by atoms with Gasteiger partial charge < -0.3 is 15.0 Å². The Labute approximate surface area is 188 Å². The van der Waals surface area contributed by atoms with E-state index in [1.807, 2.05) is 0 Å². The summed E-state index contributed by atoms with van der Waals surface area (Å²) in [4.78, 5) is 43.9. The van der Waals surface area contributed by atoms with E-state index in [2.05, 4.69) is 5.32 Å². The second-order valence-electron chi connectivity index (χ2n) is 8.20. The number of hydroxylamine groups is 2. The van der Waals surface area contributed by atoms with Crippen LogP contribution in [0.3, 0.4) is 0 Å². The summed E-state index contributed by atoms with van der Waals surface area (Å²) in [7, 11) is 0. The quantitative estimate of drug-likeness (QED) is 0.659. The van der Waals surface area contributed by atoms with Gasteiger partial charge in [-0.3, -0.25) is 14.5 Å². The standard InChI is InChI=1S/C21H25F3N4O5/c22-16-11-14(27-12-15(33-21(27)31)4-6-18(29)19(23)24)3-5-17(16)26-7-8-28(32-10-9-26)20(30)25-13-1-2-13/h3,5,11,13,15,19H,1-2,4,6-10,12H2,(H,25,30)/t15-/m0/s1. The number of halogens is 3. The minimum Gasteiger partial charge on any atom is -0.444 e. The number of hydrogen-bond donors (Lipinski definition) is 1. The number of carbonyl (C=O) groups excluding carboxylic acids is 3. The highest BCUT2D eigenvalue weighted by Crippen LogP contribution is 2.29. The lowest BCUT2D eigenvalue weighted by molar-refractivity contribution is -0.129. The summed E-state index contributed by atoms with van der Waals surface area (Å²) < 4.78 is 44.8. The van der Waals surface area contributed by atoms with Gasteiger partial charge in [0.1, 0.15) is 11.9 Å². The van der Waals surface area contributed by atoms with Crippen LogP contribution in [0.5, 0.6) is 0 Å². The molecule has 2 aliphatic heterocycles. The molecule has 3 amide bonds. The summed E-state index contributed by atoms with van der Waals surface area (Å²) in [5.74, 6) is -1.77. The van der Waals surface area contributed by atoms with Crippen LogP contribution in [0.2, 0.25) is 0 Å². The largest absolute Gasteiger partial charge is 0.444 e. The van der Waals surface area contributed by atoms with Gasteiger partial charge in [0.2, 0.25) is 0 Å². The molecule has 3 fully saturated rings. The van der Waals surface area contributed by atoms with Crippen molar-refractivity contribution in [3.05, 3.63) is 24.0 Å². The molecule has 0 aromatic heterocycles. The highest BCUT2D eigenvalue weighted by atomic mass is 19.3. The third kappa shape index (κ3) is 5.67. The van der Waals surface area contributed by atoms with Crippen molar-refractivity contribution in [2.75, 3.05) is 42.6 Å². The molecule has 180 valence electrons. The smallest absolute Gasteiger partial charge is 0.414 e. The summed E-state index contributed by atoms with van der Waals surface area (Å²) in [6.45, 7) is 1.24. The van der Waals surface area contributed by atoms with Crippen molar-refractivity contribution in [3.8, 4) is 0 Å². The number of anilines is 2. The van der Waals surface area contributed by atoms with Gasteiger partial charge in [-0.2, -0.15) is 0 Å². The molecule has 12 heteroatoms. The van der Waals surface area contributed by atoms with Crippen molar-refractivity contribution in [3.63, 3.8) is 0 Å². The number of nitrogens with one attached hydrogen (secondary N) is 1. The van der Waals surface area contributed by atoms with E-state index >= 15 is 0 Å². The SMILES string of the molecule is O=C(CC[C@H]1CN(c2ccc(N3CCON(C(=O)NC4CC4)CC3)c(F)c2)C(=O)O1)C(F)F. The lowest BCUT2D eigenvalue weighted by atomic mass is 10.1. The number of ketones is 1. The molecule has 0 radical (unpaired) electrons. The predicted molar refractivity (Wildman–Crippen MR) is 111 cm³/mol. The van der Waals surface area contributed by atoms with Gasteiger partial charge in [-0.25, -0.2) is 27.8 Å². The average molecular weight is 470 g/mol. The molecule has 1 aromatic carbocycles. The molecule has 4 rings (SSSR count). The molecule has 1 aromatic rings. The Hall–Kier alpha value is -3.02. The van der Waals surface area contributed by atoms with Gasteiger partial charge in [0, 0.05) is 25.6 Å². The Morgan fingerprint density at radius 2 is 1.97 bits per heavy atom. The van der Waals surface area contributed by atoms with Crippen LogP contribution >= 0.6 is 0 Å². The zero-order chi connectivity index (χ0) is 23.5. The van der Waals surface area contributed by atoms with E-state index in [4.69, 9.17) is 9.57 Å². The molecule has 3 aliphatic rings. The third-order valence-corrected chi connectivity index (χ3v) is 5.73. The second-order valence-corrected chi connectivity index (χ2v) is 8.20. The van der Waals surface area contributed by atoms with Crippen molar-refractivity contribution in [1.29, 1.82) is 0 Å². The average Bonchev–Trinajstić information content (AvgIpc) is 3.56. The first kappa shape index (κ1) is 23.1. The van der Waals surface area contributed by atoms with Gasteiger partial charge >= 0.3 is 12.1 Å². The molecular weight excluding hydrogens is 445 g/mol. The summed E-state index contributed by atoms with van der Waals surface area (Å²) in [6.07, 6.45) is -3.00. The number of ether oxygens (including phenoxy) is 1. The molecule has 2 heterocycles. The van der Waals surface area contributed by atoms with Crippen molar-refractivity contribution in [2.45, 2.75) is 44.3 Å². The number of hydrogen-bond acceptors (Lipinski definition) is 6. The molecule has 0 spiro atoms. The summed E-state index contributed by atoms with van der Waals surface area (Å²) in [5, 5.41) is 4.10. The van der Waals surface area contributed by atoms with E-state index in [1.165, 1.54) is 22.1 Å². The lowest BCUT2D eigenvalue weighted by Crippen LogP contribution is -2.42. The first-order valence-corrected chi connectivity index (χ1v) is 10.9. The fourth-order valence-corrected chi connectivity index (χ4v) is 3.74. The van der Waals surface area contributed by atoms with Crippen LogP contribution in [0.4, 0.5) is 34.1 Å². The van der Waals surface area contributed by atoms with Crippen LogP contribution in [0.15, 0.2) is 18.2 Å². The zero-order valence-corrected chi connectivity index (χ0v) is 17.8. The van der Waals surface area contributed by atoms with Crippen molar-refractivity contribution in [2.24, 2.45) is 0 Å². The zero-order valence-electron chi connectivity index (χ0n) is 17.8. The molecule has 1 aliphatic carbocycles. The predicted octanol–water partition coefficient (Wildman–Crippen LogP) is 2.69. The van der Waals surface area contributed by atoms with Crippen LogP contribution in [-0.2, 0) is 14.4 Å². The first-order valence-electron chi connectivity index (χ1n) is 10.9. The molecule has 0 unspecified atom stereocenters. The summed E-state index contributed by atoms with van der Waals surface area (Å²) in [5.41, 5.74) is 0.568. The van der Waals surface area contributed by atoms with Crippen LogP contribution in [0, 0.1) is 5.82 Å². The number of rotatable bonds is 7. The molecule has 2 saturated heterocycles. The minimum atomic E-state index is -3.05. The van der Waals surface area contributed by atoms with Crippen LogP contribution in [0.1, 0.15) is 25.7 Å². The summed E-state index contributed by atoms with van der Waals surface area (Å²) >= 11 is 0. The monoisotopic (exact) mass is 470 g/mol. The molecule has 9 nitrogen and oxygen atoms in total. The fraction of sp³-hybridized carbons (Fsp3) is 0.571. The van der Waals surface area contributed by atoms with E-state index in [1.54, 1.807) is 11.0 Å². The normalized spacial score (nSPS) is 21.3. The molecule has 1 N–H and O–H groups in total. The minimum absolute atomic E-state index is 0.0232. The first-order chi connectivity index (χ1) is 15.8. The maximum Gasteiger partial charge on any atom is 0.414 e. The van der Waals surface area contributed by atoms with Gasteiger partial charge in [0.05, 0.1) is 31.1 Å². The Morgan fingerprint density at radius 3 is 2.67 bits per heavy atom. The number of urea groups is 1. The fourth-order valence-electron chi connectivity index (χ4n) is 3.74. The summed E-state index contributed by atoms with van der Waals surface area (Å²) in [6, 6.07) is 4.20. The van der Waals surface area contributed by atoms with Gasteiger partial charge in [-0.05, 0) is 37.5 Å². The lowest BCUT2D eigenvalue weighted by Gasteiger charge is -2.24. The van der Waals surface area contributed by atoms with Crippen LogP contribution < -0.4 is 15.1 Å². The van der Waals surface area contributed by atoms with Crippen molar-refractivity contribution in [1.82, 2.24) is 10.4 Å². The van der Waals surface area contributed by atoms with Crippen LogP contribution in [-0.4, -0.2) is 74.3 Å². The molecule has 0 bridgehead atoms. The van der Waals surface area contributed by atoms with E-state index in [9.17, 15) is 27.6 Å². The Bertz CT molecular complexity index is 914. The topological polar surface area (TPSA) is 91.4 Å². The van der Waals surface area contributed by atoms with E-state index < -0.39 is 36.6 Å². The number of alkyl halides is 2. The van der Waals surface area contributed by atoms with Gasteiger partial charge in [-0.1, -0.05) is 0 Å². The van der Waals surface area contributed by atoms with E-state index in [0.717, 1.165) is 12.8 Å². The Kier molecular flexibility index (Phi) is 6.91. The molecular formula is C21H25F3N4O5. The highest BCUT2D eigenvalue weighted by Gasteiger charge is 2.34. The highest BCUT2D eigenvalue weighted by molar-refractivity contribution is 5.90. The Balaban J connectivity index is 1.35. The number of cyclic esters (lactones) is 1. The number of Topliss-reactive ketones (excluding diaryl/α,β-unsaturated/α-hetero) is 1. The molecule has 33 heavy (non-hydrogen) atoms. The maximum atomic E-state index is 14.9. The van der Waals surface area contributed by atoms with Crippen molar-refractivity contribution < 1.29 is 37.1 Å². The maximum absolute atomic E-state index is 14.9. The van der Waals surface area contributed by atoms with E-state index in [-0.39, 0.29) is 43.9 Å². The number of carbonyl (C=O) groups is 3. The van der Waals surface area contributed by atoms with Gasteiger partial charge in [-0.15, -0.1) is 0 Å². The van der Waals surface area contributed by atoms with Crippen molar-refractivity contribution >= 4 is 29.3 Å². The van der Waals surface area contributed by atoms with Crippen LogP contribution in [0.25, 0.3) is 0 Å². The van der Waals surface area contributed by atoms with E-state index in [0.29, 0.717) is 18.8 Å². The van der Waals surface area contributed by atoms with Gasteiger partial charge in [0.25, 0.3) is 6.43 Å². The van der Waals surface area contributed by atoms with Gasteiger partial charge in [0.15, 0.2) is 5.78 Å². The number of amides is 3. The Morgan fingerprint density at radius 1 is 1.18 bits per heavy atom.